The van der Waals surface area contributed by atoms with Crippen LogP contribution in [0.25, 0.3) is 21.8 Å². The number of anilines is 4. The second-order valence-electron chi connectivity index (χ2n) is 22.5. The molecule has 4 fully saturated rings. The third-order valence-corrected chi connectivity index (χ3v) is 17.6. The highest BCUT2D eigenvalue weighted by Gasteiger charge is 2.29. The Morgan fingerprint density at radius 2 is 1.09 bits per heavy atom. The number of hydrogen-bond donors (Lipinski definition) is 2. The SMILES string of the molecule is COc1cc2c(NC3CCN(c4cncc(C5CCN(CCCOc6cc7nc8c(c(NC9CCN(c%10ccncc%10)CC9)c7cc6OC)CCCCC8)C5)c4)CC3)c3c(nc2cc1OCCCN1CCCC1)CCC3. The van der Waals surface area contributed by atoms with Gasteiger partial charge in [0.2, 0.25) is 0 Å². The third-order valence-electron chi connectivity index (χ3n) is 17.6. The summed E-state index contributed by atoms with van der Waals surface area (Å²) in [4.78, 5) is 29.7. The molecule has 0 spiro atoms. The van der Waals surface area contributed by atoms with Gasteiger partial charge in [0, 0.05) is 128 Å². The molecule has 0 bridgehead atoms. The third kappa shape index (κ3) is 11.3. The molecule has 6 aromatic rings. The van der Waals surface area contributed by atoms with E-state index in [1.807, 2.05) is 12.4 Å². The maximum absolute atomic E-state index is 6.57. The van der Waals surface area contributed by atoms with Crippen molar-refractivity contribution in [2.45, 2.75) is 127 Å². The van der Waals surface area contributed by atoms with Gasteiger partial charge in [0.05, 0.1) is 50.4 Å². The largest absolute Gasteiger partial charge is 0.493 e. The van der Waals surface area contributed by atoms with E-state index in [0.717, 1.165) is 174 Å². The lowest BCUT2D eigenvalue weighted by Crippen LogP contribution is -2.39. The van der Waals surface area contributed by atoms with Crippen LogP contribution in [0.1, 0.15) is 117 Å². The van der Waals surface area contributed by atoms with Gasteiger partial charge in [-0.1, -0.05) is 6.42 Å². The minimum absolute atomic E-state index is 0.379. The maximum atomic E-state index is 6.57. The maximum Gasteiger partial charge on any atom is 0.163 e. The zero-order valence-corrected chi connectivity index (χ0v) is 45.3. The molecule has 14 nitrogen and oxygen atoms in total. The molecule has 1 atom stereocenters. The molecule has 0 amide bonds. The summed E-state index contributed by atoms with van der Waals surface area (Å²) in [6, 6.07) is 16.0. The van der Waals surface area contributed by atoms with Gasteiger partial charge in [-0.05, 0) is 175 Å². The lowest BCUT2D eigenvalue weighted by atomic mass is 9.98. The van der Waals surface area contributed by atoms with Crippen LogP contribution < -0.4 is 39.4 Å². The fourth-order valence-corrected chi connectivity index (χ4v) is 13.4. The molecule has 2 N–H and O–H groups in total. The summed E-state index contributed by atoms with van der Waals surface area (Å²) in [6.07, 6.45) is 27.0. The highest BCUT2D eigenvalue weighted by Crippen LogP contribution is 2.43. The van der Waals surface area contributed by atoms with Crippen LogP contribution in [-0.2, 0) is 25.7 Å². The van der Waals surface area contributed by atoms with Gasteiger partial charge in [0.15, 0.2) is 23.0 Å². The molecule has 4 aromatic heterocycles. The highest BCUT2D eigenvalue weighted by atomic mass is 16.5. The molecule has 0 radical (unpaired) electrons. The summed E-state index contributed by atoms with van der Waals surface area (Å²) in [7, 11) is 3.51. The van der Waals surface area contributed by atoms with Gasteiger partial charge in [-0.3, -0.25) is 19.9 Å². The number of piperidine rings is 2. The molecule has 1 unspecified atom stereocenters. The van der Waals surface area contributed by atoms with E-state index >= 15 is 0 Å². The first-order valence-corrected chi connectivity index (χ1v) is 29.2. The van der Waals surface area contributed by atoms with Crippen molar-refractivity contribution >= 4 is 44.6 Å². The number of ether oxygens (including phenoxy) is 4. The first-order chi connectivity index (χ1) is 37.5. The van der Waals surface area contributed by atoms with E-state index in [4.69, 9.17) is 33.9 Å². The second kappa shape index (κ2) is 23.6. The minimum atomic E-state index is 0.379. The number of aromatic nitrogens is 4. The summed E-state index contributed by atoms with van der Waals surface area (Å²) in [5.41, 5.74) is 13.6. The molecular formula is C62H80N10O4. The van der Waals surface area contributed by atoms with Crippen LogP contribution in [0.2, 0.25) is 0 Å². The van der Waals surface area contributed by atoms with Gasteiger partial charge in [-0.25, -0.2) is 0 Å². The Bertz CT molecular complexity index is 2930. The molecule has 4 saturated heterocycles. The minimum Gasteiger partial charge on any atom is -0.493 e. The number of likely N-dealkylation sites (tertiary alicyclic amines) is 2. The summed E-state index contributed by atoms with van der Waals surface area (Å²) in [6.45, 7) is 12.0. The number of nitrogens with zero attached hydrogens (tertiary/aromatic N) is 8. The van der Waals surface area contributed by atoms with Crippen LogP contribution in [0, 0.1) is 0 Å². The monoisotopic (exact) mass is 1030 g/mol. The zero-order chi connectivity index (χ0) is 51.2. The molecule has 8 heterocycles. The standard InChI is InChI=1S/C62H80N10O4/c1-73-57-36-51-55(67-53-13-5-3-4-11-49(53)61(51)65-45-18-29-71(30-19-45)47-15-22-63-23-16-47)38-60(57)76-34-10-27-70-28-17-43(42-70)44-35-48(41-64-40-44)72-31-20-46(21-32-72)66-62-50-12-8-14-54(50)68-56-39-59(58(74-2)37-52(56)62)75-33-9-26-69-24-6-7-25-69/h15-16,22-23,35-41,43,45-46H,3-14,17-21,24-34,42H2,1-2H3,(H,65,67)(H,66,68). The summed E-state index contributed by atoms with van der Waals surface area (Å²) < 4.78 is 24.9. The van der Waals surface area contributed by atoms with Crippen molar-refractivity contribution in [1.82, 2.24) is 29.7 Å². The van der Waals surface area contributed by atoms with Crippen LogP contribution >= 0.6 is 0 Å². The van der Waals surface area contributed by atoms with E-state index in [0.29, 0.717) is 31.2 Å². The Kier molecular flexibility index (Phi) is 15.8. The first-order valence-electron chi connectivity index (χ1n) is 29.2. The molecule has 14 heteroatoms. The van der Waals surface area contributed by atoms with Crippen LogP contribution in [-0.4, -0.2) is 135 Å². The molecular weight excluding hydrogens is 949 g/mol. The Morgan fingerprint density at radius 3 is 1.71 bits per heavy atom. The van der Waals surface area contributed by atoms with Crippen molar-refractivity contribution < 1.29 is 18.9 Å². The molecule has 12 rings (SSSR count). The average Bonchev–Trinajstić information content (AvgIpc) is 4.29. The van der Waals surface area contributed by atoms with Crippen molar-refractivity contribution in [1.29, 1.82) is 0 Å². The van der Waals surface area contributed by atoms with E-state index in [9.17, 15) is 0 Å². The van der Waals surface area contributed by atoms with Gasteiger partial charge in [0.1, 0.15) is 0 Å². The Labute approximate surface area is 450 Å². The van der Waals surface area contributed by atoms with E-state index in [1.54, 1.807) is 14.2 Å². The predicted molar refractivity (Wildman–Crippen MR) is 306 cm³/mol. The number of rotatable bonds is 19. The number of benzene rings is 2. The molecule has 2 aliphatic carbocycles. The van der Waals surface area contributed by atoms with Crippen molar-refractivity contribution in [3.63, 3.8) is 0 Å². The van der Waals surface area contributed by atoms with Gasteiger partial charge < -0.3 is 49.2 Å². The van der Waals surface area contributed by atoms with Crippen LogP contribution in [0.4, 0.5) is 22.7 Å². The van der Waals surface area contributed by atoms with Gasteiger partial charge >= 0.3 is 0 Å². The summed E-state index contributed by atoms with van der Waals surface area (Å²) >= 11 is 0. The van der Waals surface area contributed by atoms with E-state index in [-0.39, 0.29) is 0 Å². The molecule has 2 aromatic carbocycles. The predicted octanol–water partition coefficient (Wildman–Crippen LogP) is 10.6. The van der Waals surface area contributed by atoms with E-state index in [1.165, 1.54) is 96.0 Å². The lowest BCUT2D eigenvalue weighted by molar-refractivity contribution is 0.253. The highest BCUT2D eigenvalue weighted by molar-refractivity contribution is 5.97. The first kappa shape index (κ1) is 50.7. The van der Waals surface area contributed by atoms with Crippen LogP contribution in [0.5, 0.6) is 23.0 Å². The van der Waals surface area contributed by atoms with Crippen LogP contribution in [0.15, 0.2) is 67.3 Å². The fraction of sp³-hybridized carbons (Fsp3) is 0.548. The Hall–Kier alpha value is -6.12. The van der Waals surface area contributed by atoms with Crippen molar-refractivity contribution in [2.75, 3.05) is 113 Å². The van der Waals surface area contributed by atoms with Crippen molar-refractivity contribution in [3.8, 4) is 23.0 Å². The topological polar surface area (TPSA) is 126 Å². The van der Waals surface area contributed by atoms with Crippen molar-refractivity contribution in [3.05, 3.63) is 95.3 Å². The Morgan fingerprint density at radius 1 is 0.526 bits per heavy atom. The van der Waals surface area contributed by atoms with Crippen LogP contribution in [0.3, 0.4) is 0 Å². The number of hydrogen-bond acceptors (Lipinski definition) is 14. The van der Waals surface area contributed by atoms with Crippen molar-refractivity contribution in [2.24, 2.45) is 0 Å². The zero-order valence-electron chi connectivity index (χ0n) is 45.3. The molecule has 0 saturated carbocycles. The number of fused-ring (bicyclic) bond motifs is 4. The average molecular weight is 1030 g/mol. The number of nitrogens with one attached hydrogen (secondary N) is 2. The van der Waals surface area contributed by atoms with Gasteiger partial charge in [-0.15, -0.1) is 0 Å². The van der Waals surface area contributed by atoms with E-state index in [2.05, 4.69) is 90.1 Å². The fourth-order valence-electron chi connectivity index (χ4n) is 13.4. The Balaban J connectivity index is 0.639. The molecule has 76 heavy (non-hydrogen) atoms. The second-order valence-corrected chi connectivity index (χ2v) is 22.5. The molecule has 4 aliphatic heterocycles. The molecule has 402 valence electrons. The summed E-state index contributed by atoms with van der Waals surface area (Å²) in [5.74, 6) is 3.62. The van der Waals surface area contributed by atoms with E-state index < -0.39 is 0 Å². The quantitative estimate of drug-likeness (QED) is 0.0590. The summed E-state index contributed by atoms with van der Waals surface area (Å²) in [5, 5.41) is 10.4. The number of pyridine rings is 4. The van der Waals surface area contributed by atoms with Gasteiger partial charge in [-0.2, -0.15) is 0 Å². The van der Waals surface area contributed by atoms with Gasteiger partial charge in [0.25, 0.3) is 0 Å². The lowest BCUT2D eigenvalue weighted by Gasteiger charge is -2.35. The number of aryl methyl sites for hydroxylation is 2. The normalized spacial score (nSPS) is 19.7. The number of methoxy groups -OCH3 is 2. The molecule has 6 aliphatic rings. The smallest absolute Gasteiger partial charge is 0.163 e.